The second kappa shape index (κ2) is 9.20. The third kappa shape index (κ3) is 5.71. The molecule has 0 unspecified atom stereocenters. The molecule has 0 bridgehead atoms. The van der Waals surface area contributed by atoms with Crippen LogP contribution in [-0.4, -0.2) is 6.61 Å². The van der Waals surface area contributed by atoms with E-state index in [0.29, 0.717) is 13.0 Å². The predicted octanol–water partition coefficient (Wildman–Crippen LogP) is 3.58. The van der Waals surface area contributed by atoms with Gasteiger partial charge in [0.1, 0.15) is 23.5 Å². The van der Waals surface area contributed by atoms with Gasteiger partial charge in [-0.05, 0) is 43.0 Å². The van der Waals surface area contributed by atoms with Gasteiger partial charge in [-0.25, -0.2) is 0 Å². The molecule has 100 valence electrons. The molecule has 0 amide bonds. The van der Waals surface area contributed by atoms with Crippen LogP contribution in [0.4, 0.5) is 0 Å². The maximum atomic E-state index is 8.66. The molecule has 4 heteroatoms. The van der Waals surface area contributed by atoms with Crippen molar-refractivity contribution in [3.8, 4) is 24.0 Å². The largest absolute Gasteiger partial charge is 0.494 e. The van der Waals surface area contributed by atoms with Crippen molar-refractivity contribution < 1.29 is 4.74 Å². The molecule has 0 N–H and O–H groups in total. The van der Waals surface area contributed by atoms with Crippen LogP contribution in [0.2, 0.25) is 0 Å². The molecule has 0 fully saturated rings. The lowest BCUT2D eigenvalue weighted by molar-refractivity contribution is 0.305. The van der Waals surface area contributed by atoms with Crippen LogP contribution < -0.4 is 4.74 Å². The van der Waals surface area contributed by atoms with Crippen molar-refractivity contribution in [3.63, 3.8) is 0 Å². The molecule has 4 nitrogen and oxygen atoms in total. The van der Waals surface area contributed by atoms with E-state index in [-0.39, 0.29) is 5.57 Å². The van der Waals surface area contributed by atoms with Crippen LogP contribution in [0.25, 0.3) is 6.08 Å². The number of benzene rings is 1. The van der Waals surface area contributed by atoms with E-state index in [2.05, 4.69) is 6.07 Å². The maximum Gasteiger partial charge on any atom is 0.130 e. The number of allylic oxidation sites excluding steroid dienone is 1. The molecule has 0 spiro atoms. The first kappa shape index (κ1) is 15.3. The molecule has 0 aromatic heterocycles. The van der Waals surface area contributed by atoms with Gasteiger partial charge in [0.2, 0.25) is 0 Å². The molecule has 0 saturated carbocycles. The zero-order valence-electron chi connectivity index (χ0n) is 11.2. The summed E-state index contributed by atoms with van der Waals surface area (Å²) in [6.45, 7) is 0.627. The topological polar surface area (TPSA) is 80.6 Å². The minimum Gasteiger partial charge on any atom is -0.494 e. The molecular weight excluding hydrogens is 250 g/mol. The lowest BCUT2D eigenvalue weighted by atomic mass is 10.1. The minimum atomic E-state index is 0.0798. The lowest BCUT2D eigenvalue weighted by Crippen LogP contribution is -1.97. The van der Waals surface area contributed by atoms with Gasteiger partial charge in [-0.2, -0.15) is 15.8 Å². The average molecular weight is 265 g/mol. The second-order valence-corrected chi connectivity index (χ2v) is 4.17. The number of nitriles is 3. The van der Waals surface area contributed by atoms with Gasteiger partial charge in [0, 0.05) is 6.42 Å². The van der Waals surface area contributed by atoms with Crippen LogP contribution in [-0.2, 0) is 0 Å². The number of rotatable bonds is 7. The van der Waals surface area contributed by atoms with Gasteiger partial charge < -0.3 is 4.74 Å². The summed E-state index contributed by atoms with van der Waals surface area (Å²) in [5.41, 5.74) is 0.876. The highest BCUT2D eigenvalue weighted by molar-refractivity contribution is 5.62. The van der Waals surface area contributed by atoms with E-state index >= 15 is 0 Å². The van der Waals surface area contributed by atoms with Crippen molar-refractivity contribution in [2.75, 3.05) is 6.61 Å². The first-order chi connectivity index (χ1) is 9.80. The maximum absolute atomic E-state index is 8.66. The van der Waals surface area contributed by atoms with E-state index in [1.54, 1.807) is 12.1 Å². The Labute approximate surface area is 119 Å². The molecule has 0 heterocycles. The van der Waals surface area contributed by atoms with Crippen molar-refractivity contribution >= 4 is 6.08 Å². The van der Waals surface area contributed by atoms with Gasteiger partial charge >= 0.3 is 0 Å². The molecule has 0 saturated heterocycles. The normalized spacial score (nSPS) is 8.85. The van der Waals surface area contributed by atoms with E-state index in [1.165, 1.54) is 6.08 Å². The fraction of sp³-hybridized carbons (Fsp3) is 0.312. The summed E-state index contributed by atoms with van der Waals surface area (Å²) in [5, 5.41) is 25.7. The van der Waals surface area contributed by atoms with E-state index in [9.17, 15) is 0 Å². The highest BCUT2D eigenvalue weighted by atomic mass is 16.5. The SMILES string of the molecule is N#CCCCCCOc1ccc(C=C(C#N)C#N)cc1. The zero-order chi connectivity index (χ0) is 14.6. The fourth-order valence-corrected chi connectivity index (χ4v) is 1.59. The van der Waals surface area contributed by atoms with Crippen molar-refractivity contribution in [1.29, 1.82) is 15.8 Å². The third-order valence-electron chi connectivity index (χ3n) is 2.63. The first-order valence-corrected chi connectivity index (χ1v) is 6.42. The molecule has 1 aromatic rings. The average Bonchev–Trinajstić information content (AvgIpc) is 2.49. The number of hydrogen-bond donors (Lipinski definition) is 0. The van der Waals surface area contributed by atoms with Crippen molar-refractivity contribution in [1.82, 2.24) is 0 Å². The van der Waals surface area contributed by atoms with Crippen LogP contribution in [0.5, 0.6) is 5.75 Å². The van der Waals surface area contributed by atoms with E-state index in [0.717, 1.165) is 30.6 Å². The van der Waals surface area contributed by atoms with Crippen molar-refractivity contribution in [2.24, 2.45) is 0 Å². The van der Waals surface area contributed by atoms with Crippen molar-refractivity contribution in [3.05, 3.63) is 35.4 Å². The van der Waals surface area contributed by atoms with Gasteiger partial charge in [-0.3, -0.25) is 0 Å². The Morgan fingerprint density at radius 3 is 2.30 bits per heavy atom. The summed E-state index contributed by atoms with van der Waals surface area (Å²) < 4.78 is 5.57. The highest BCUT2D eigenvalue weighted by Crippen LogP contribution is 2.15. The fourth-order valence-electron chi connectivity index (χ4n) is 1.59. The monoisotopic (exact) mass is 265 g/mol. The number of unbranched alkanes of at least 4 members (excludes halogenated alkanes) is 3. The van der Waals surface area contributed by atoms with Gasteiger partial charge in [0.05, 0.1) is 12.7 Å². The smallest absolute Gasteiger partial charge is 0.130 e. The number of hydrogen-bond acceptors (Lipinski definition) is 4. The molecular formula is C16H15N3O. The predicted molar refractivity (Wildman–Crippen MR) is 75.2 cm³/mol. The van der Waals surface area contributed by atoms with E-state index in [1.807, 2.05) is 24.3 Å². The summed E-state index contributed by atoms with van der Waals surface area (Å²) >= 11 is 0. The number of nitrogens with zero attached hydrogens (tertiary/aromatic N) is 3. The highest BCUT2D eigenvalue weighted by Gasteiger charge is 1.97. The quantitative estimate of drug-likeness (QED) is 0.557. The van der Waals surface area contributed by atoms with Crippen LogP contribution in [0.15, 0.2) is 29.8 Å². The Hall–Kier alpha value is -2.77. The summed E-state index contributed by atoms with van der Waals surface area (Å²) in [7, 11) is 0. The van der Waals surface area contributed by atoms with Gasteiger partial charge in [0.15, 0.2) is 0 Å². The van der Waals surface area contributed by atoms with Crippen LogP contribution in [0, 0.1) is 34.0 Å². The molecule has 0 atom stereocenters. The summed E-state index contributed by atoms with van der Waals surface area (Å²) in [4.78, 5) is 0. The Balaban J connectivity index is 2.40. The van der Waals surface area contributed by atoms with Gasteiger partial charge in [-0.15, -0.1) is 0 Å². The van der Waals surface area contributed by atoms with Crippen LogP contribution in [0.3, 0.4) is 0 Å². The van der Waals surface area contributed by atoms with E-state index in [4.69, 9.17) is 20.5 Å². The molecule has 0 aliphatic rings. The third-order valence-corrected chi connectivity index (χ3v) is 2.63. The standard InChI is InChI=1S/C16H15N3O/c17-9-3-1-2-4-10-20-16-7-5-14(6-8-16)11-15(12-18)13-19/h5-8,11H,1-4,10H2. The summed E-state index contributed by atoms with van der Waals surface area (Å²) in [5.74, 6) is 0.762. The Morgan fingerprint density at radius 1 is 1.00 bits per heavy atom. The zero-order valence-corrected chi connectivity index (χ0v) is 11.2. The van der Waals surface area contributed by atoms with Gasteiger partial charge in [0.25, 0.3) is 0 Å². The first-order valence-electron chi connectivity index (χ1n) is 6.42. The Bertz CT molecular complexity index is 552. The molecule has 0 aliphatic carbocycles. The molecule has 1 aromatic carbocycles. The minimum absolute atomic E-state index is 0.0798. The Kier molecular flexibility index (Phi) is 7.03. The van der Waals surface area contributed by atoms with Crippen LogP contribution >= 0.6 is 0 Å². The Morgan fingerprint density at radius 2 is 1.70 bits per heavy atom. The molecule has 1 rings (SSSR count). The number of ether oxygens (including phenoxy) is 1. The second-order valence-electron chi connectivity index (χ2n) is 4.17. The van der Waals surface area contributed by atoms with Crippen LogP contribution in [0.1, 0.15) is 31.2 Å². The molecule has 20 heavy (non-hydrogen) atoms. The van der Waals surface area contributed by atoms with Gasteiger partial charge in [-0.1, -0.05) is 12.1 Å². The summed E-state index contributed by atoms with van der Waals surface area (Å²) in [6.07, 6.45) is 4.96. The molecule has 0 radical (unpaired) electrons. The van der Waals surface area contributed by atoms with E-state index < -0.39 is 0 Å². The lowest BCUT2D eigenvalue weighted by Gasteiger charge is -2.05. The van der Waals surface area contributed by atoms with Crippen molar-refractivity contribution in [2.45, 2.75) is 25.7 Å². The molecule has 0 aliphatic heterocycles. The summed E-state index contributed by atoms with van der Waals surface area (Å²) in [6, 6.07) is 13.0.